The summed E-state index contributed by atoms with van der Waals surface area (Å²) in [6.45, 7) is 1.12. The predicted molar refractivity (Wildman–Crippen MR) is 66.0 cm³/mol. The second kappa shape index (κ2) is 6.25. The lowest BCUT2D eigenvalue weighted by molar-refractivity contribution is 0.0695. The van der Waals surface area contributed by atoms with Crippen LogP contribution in [0.3, 0.4) is 0 Å². The molecule has 1 fully saturated rings. The Morgan fingerprint density at radius 3 is 2.44 bits per heavy atom. The van der Waals surface area contributed by atoms with Crippen molar-refractivity contribution in [1.29, 1.82) is 0 Å². The molecule has 2 atom stereocenters. The highest BCUT2D eigenvalue weighted by Crippen LogP contribution is 2.23. The summed E-state index contributed by atoms with van der Waals surface area (Å²) >= 11 is 0. The molecule has 0 radical (unpaired) electrons. The minimum Gasteiger partial charge on any atom is -0.393 e. The summed E-state index contributed by atoms with van der Waals surface area (Å²) in [7, 11) is 0. The van der Waals surface area contributed by atoms with Gasteiger partial charge in [-0.25, -0.2) is 8.78 Å². The largest absolute Gasteiger partial charge is 0.393 e. The summed E-state index contributed by atoms with van der Waals surface area (Å²) in [5.41, 5.74) is 0.595. The van der Waals surface area contributed by atoms with Gasteiger partial charge >= 0.3 is 0 Å². The molecule has 0 aromatic heterocycles. The molecule has 18 heavy (non-hydrogen) atoms. The first-order valence-corrected chi connectivity index (χ1v) is 6.49. The molecule has 0 heterocycles. The summed E-state index contributed by atoms with van der Waals surface area (Å²) in [5.74, 6) is -0.842. The molecule has 1 aromatic carbocycles. The molecular formula is C14H19F2NO. The maximum Gasteiger partial charge on any atom is 0.126 e. The molecule has 0 aliphatic heterocycles. The van der Waals surface area contributed by atoms with Crippen LogP contribution in [0.4, 0.5) is 8.78 Å². The van der Waals surface area contributed by atoms with E-state index in [-0.39, 0.29) is 12.0 Å². The predicted octanol–water partition coefficient (Wildman–Crippen LogP) is 2.61. The molecule has 1 aromatic rings. The zero-order chi connectivity index (χ0) is 13.0. The summed E-state index contributed by atoms with van der Waals surface area (Å²) in [5, 5.41) is 13.0. The Bertz CT molecular complexity index is 377. The minimum absolute atomic E-state index is 0.240. The van der Waals surface area contributed by atoms with E-state index < -0.39 is 11.6 Å². The third kappa shape index (κ3) is 3.75. The van der Waals surface area contributed by atoms with Gasteiger partial charge in [-0.05, 0) is 36.5 Å². The molecule has 2 N–H and O–H groups in total. The van der Waals surface area contributed by atoms with Gasteiger partial charge in [0.2, 0.25) is 0 Å². The average Bonchev–Trinajstić information content (AvgIpc) is 2.30. The normalized spacial score (nSPS) is 24.2. The van der Waals surface area contributed by atoms with E-state index in [1.54, 1.807) is 0 Å². The first kappa shape index (κ1) is 13.4. The van der Waals surface area contributed by atoms with E-state index in [2.05, 4.69) is 5.32 Å². The zero-order valence-electron chi connectivity index (χ0n) is 10.3. The van der Waals surface area contributed by atoms with Crippen molar-refractivity contribution in [3.63, 3.8) is 0 Å². The first-order chi connectivity index (χ1) is 8.65. The quantitative estimate of drug-likeness (QED) is 0.866. The van der Waals surface area contributed by atoms with E-state index in [1.165, 1.54) is 12.1 Å². The van der Waals surface area contributed by atoms with Crippen LogP contribution in [0.1, 0.15) is 31.2 Å². The van der Waals surface area contributed by atoms with Crippen LogP contribution in [0.2, 0.25) is 0 Å². The Hall–Kier alpha value is -1.00. The number of aliphatic hydroxyl groups is 1. The second-order valence-corrected chi connectivity index (χ2v) is 5.02. The summed E-state index contributed by atoms with van der Waals surface area (Å²) in [6.07, 6.45) is 3.88. The highest BCUT2D eigenvalue weighted by atomic mass is 19.1. The number of nitrogens with one attached hydrogen (secondary N) is 1. The molecule has 2 nitrogen and oxygen atoms in total. The van der Waals surface area contributed by atoms with Crippen molar-refractivity contribution in [2.45, 2.75) is 38.3 Å². The molecule has 0 spiro atoms. The SMILES string of the molecule is OC1CCCCC1CNCc1cc(F)cc(F)c1. The standard InChI is InChI=1S/C14H19F2NO/c15-12-5-10(6-13(16)7-12)8-17-9-11-3-1-2-4-14(11)18/h5-7,11,14,17-18H,1-4,8-9H2. The van der Waals surface area contributed by atoms with Gasteiger partial charge < -0.3 is 10.4 Å². The lowest BCUT2D eigenvalue weighted by Gasteiger charge is -2.27. The van der Waals surface area contributed by atoms with E-state index in [4.69, 9.17) is 0 Å². The van der Waals surface area contributed by atoms with E-state index in [1.807, 2.05) is 0 Å². The van der Waals surface area contributed by atoms with Gasteiger partial charge in [0.15, 0.2) is 0 Å². The Morgan fingerprint density at radius 2 is 1.78 bits per heavy atom. The third-order valence-electron chi connectivity index (χ3n) is 3.53. The average molecular weight is 255 g/mol. The topological polar surface area (TPSA) is 32.3 Å². The smallest absolute Gasteiger partial charge is 0.126 e. The van der Waals surface area contributed by atoms with Crippen molar-refractivity contribution in [3.05, 3.63) is 35.4 Å². The monoisotopic (exact) mass is 255 g/mol. The Balaban J connectivity index is 1.80. The fraction of sp³-hybridized carbons (Fsp3) is 0.571. The number of rotatable bonds is 4. The van der Waals surface area contributed by atoms with Crippen LogP contribution in [0, 0.1) is 17.6 Å². The van der Waals surface area contributed by atoms with Crippen LogP contribution < -0.4 is 5.32 Å². The molecule has 0 saturated heterocycles. The van der Waals surface area contributed by atoms with Crippen molar-refractivity contribution in [2.75, 3.05) is 6.54 Å². The van der Waals surface area contributed by atoms with Crippen LogP contribution in [-0.4, -0.2) is 17.8 Å². The summed E-state index contributed by atoms with van der Waals surface area (Å²) < 4.78 is 25.9. The van der Waals surface area contributed by atoms with Gasteiger partial charge in [-0.3, -0.25) is 0 Å². The van der Waals surface area contributed by atoms with Gasteiger partial charge in [0.1, 0.15) is 11.6 Å². The second-order valence-electron chi connectivity index (χ2n) is 5.02. The summed E-state index contributed by atoms with van der Waals surface area (Å²) in [6, 6.07) is 3.52. The fourth-order valence-corrected chi connectivity index (χ4v) is 2.54. The number of hydrogen-bond donors (Lipinski definition) is 2. The Kier molecular flexibility index (Phi) is 4.66. The van der Waals surface area contributed by atoms with Gasteiger partial charge in [-0.15, -0.1) is 0 Å². The van der Waals surface area contributed by atoms with E-state index in [0.717, 1.165) is 31.7 Å². The Morgan fingerprint density at radius 1 is 1.11 bits per heavy atom. The third-order valence-corrected chi connectivity index (χ3v) is 3.53. The van der Waals surface area contributed by atoms with Crippen molar-refractivity contribution in [3.8, 4) is 0 Å². The summed E-state index contributed by atoms with van der Waals surface area (Å²) in [4.78, 5) is 0. The van der Waals surface area contributed by atoms with Crippen LogP contribution in [-0.2, 0) is 6.54 Å². The molecule has 2 rings (SSSR count). The van der Waals surface area contributed by atoms with E-state index in [0.29, 0.717) is 18.7 Å². The fourth-order valence-electron chi connectivity index (χ4n) is 2.54. The van der Waals surface area contributed by atoms with Crippen LogP contribution in [0.25, 0.3) is 0 Å². The van der Waals surface area contributed by atoms with E-state index >= 15 is 0 Å². The van der Waals surface area contributed by atoms with Crippen LogP contribution in [0.15, 0.2) is 18.2 Å². The number of aliphatic hydroxyl groups excluding tert-OH is 1. The zero-order valence-corrected chi connectivity index (χ0v) is 10.3. The van der Waals surface area contributed by atoms with E-state index in [9.17, 15) is 13.9 Å². The van der Waals surface area contributed by atoms with Crippen molar-refractivity contribution in [1.82, 2.24) is 5.32 Å². The highest BCUT2D eigenvalue weighted by molar-refractivity contribution is 5.17. The number of hydrogen-bond acceptors (Lipinski definition) is 2. The molecule has 0 amide bonds. The van der Waals surface area contributed by atoms with Crippen molar-refractivity contribution in [2.24, 2.45) is 5.92 Å². The van der Waals surface area contributed by atoms with Crippen LogP contribution in [0.5, 0.6) is 0 Å². The lowest BCUT2D eigenvalue weighted by Crippen LogP contribution is -2.33. The number of halogens is 2. The first-order valence-electron chi connectivity index (χ1n) is 6.49. The van der Waals surface area contributed by atoms with Gasteiger partial charge in [0, 0.05) is 19.2 Å². The molecule has 1 aliphatic rings. The van der Waals surface area contributed by atoms with Crippen molar-refractivity contribution < 1.29 is 13.9 Å². The van der Waals surface area contributed by atoms with Gasteiger partial charge in [0.25, 0.3) is 0 Å². The maximum absolute atomic E-state index is 13.0. The molecule has 2 unspecified atom stereocenters. The van der Waals surface area contributed by atoms with Gasteiger partial charge in [-0.2, -0.15) is 0 Å². The Labute approximate surface area is 106 Å². The molecule has 1 saturated carbocycles. The minimum atomic E-state index is -0.551. The molecular weight excluding hydrogens is 236 g/mol. The number of benzene rings is 1. The highest BCUT2D eigenvalue weighted by Gasteiger charge is 2.22. The molecule has 1 aliphatic carbocycles. The molecule has 100 valence electrons. The maximum atomic E-state index is 13.0. The molecule has 0 bridgehead atoms. The van der Waals surface area contributed by atoms with Crippen molar-refractivity contribution >= 4 is 0 Å². The molecule has 4 heteroatoms. The van der Waals surface area contributed by atoms with Gasteiger partial charge in [-0.1, -0.05) is 12.8 Å². The van der Waals surface area contributed by atoms with Crippen LogP contribution >= 0.6 is 0 Å². The lowest BCUT2D eigenvalue weighted by atomic mass is 9.86. The van der Waals surface area contributed by atoms with Gasteiger partial charge in [0.05, 0.1) is 6.10 Å².